The molecule has 0 aromatic carbocycles. The lowest BCUT2D eigenvalue weighted by molar-refractivity contribution is -0.153. The zero-order valence-corrected chi connectivity index (χ0v) is 17.8. The van der Waals surface area contributed by atoms with Gasteiger partial charge in [0.15, 0.2) is 0 Å². The number of thiophene rings is 1. The van der Waals surface area contributed by atoms with Gasteiger partial charge in [0.2, 0.25) is 17.7 Å². The van der Waals surface area contributed by atoms with Gasteiger partial charge in [-0.1, -0.05) is 38.2 Å². The summed E-state index contributed by atoms with van der Waals surface area (Å²) in [4.78, 5) is 41.9. The van der Waals surface area contributed by atoms with Crippen LogP contribution in [-0.2, 0) is 20.9 Å². The molecule has 0 spiro atoms. The maximum absolute atomic E-state index is 13.6. The van der Waals surface area contributed by atoms with E-state index in [9.17, 15) is 14.4 Å². The lowest BCUT2D eigenvalue weighted by Gasteiger charge is -2.46. The first-order valence-electron chi connectivity index (χ1n) is 11.0. The highest BCUT2D eigenvalue weighted by Gasteiger charge is 2.49. The Morgan fingerprint density at radius 2 is 1.90 bits per heavy atom. The molecule has 3 aliphatic rings. The van der Waals surface area contributed by atoms with E-state index >= 15 is 0 Å². The highest BCUT2D eigenvalue weighted by Crippen LogP contribution is 2.37. The molecule has 3 amide bonds. The summed E-state index contributed by atoms with van der Waals surface area (Å²) in [6.45, 7) is 0.432. The van der Waals surface area contributed by atoms with Gasteiger partial charge in [0.25, 0.3) is 0 Å². The summed E-state index contributed by atoms with van der Waals surface area (Å²) >= 11 is 1.61. The van der Waals surface area contributed by atoms with E-state index in [4.69, 9.17) is 0 Å². The van der Waals surface area contributed by atoms with Gasteiger partial charge >= 0.3 is 0 Å². The highest BCUT2D eigenvalue weighted by molar-refractivity contribution is 7.09. The number of carbonyl (C=O) groups excluding carboxylic acids is 3. The Morgan fingerprint density at radius 3 is 2.52 bits per heavy atom. The molecule has 0 radical (unpaired) electrons. The van der Waals surface area contributed by atoms with Crippen LogP contribution in [0.4, 0.5) is 0 Å². The van der Waals surface area contributed by atoms with Gasteiger partial charge in [0.05, 0.1) is 6.54 Å². The first kappa shape index (κ1) is 20.4. The van der Waals surface area contributed by atoms with Crippen LogP contribution in [0.1, 0.15) is 75.5 Å². The lowest BCUT2D eigenvalue weighted by atomic mass is 9.78. The van der Waals surface area contributed by atoms with E-state index in [-0.39, 0.29) is 23.8 Å². The van der Waals surface area contributed by atoms with E-state index in [1.54, 1.807) is 11.3 Å². The average molecular weight is 418 g/mol. The number of rotatable bonds is 6. The van der Waals surface area contributed by atoms with Crippen LogP contribution in [0.5, 0.6) is 0 Å². The first-order chi connectivity index (χ1) is 14.1. The van der Waals surface area contributed by atoms with Crippen molar-refractivity contribution < 1.29 is 14.4 Å². The SMILES string of the molecule is O=C1CCC(C(=O)N(Cc2cccs2)C2(C(=O)NC3CCCC3)CCCCC2)N1. The highest BCUT2D eigenvalue weighted by atomic mass is 32.1. The molecule has 6 nitrogen and oxygen atoms in total. The van der Waals surface area contributed by atoms with Crippen LogP contribution < -0.4 is 10.6 Å². The van der Waals surface area contributed by atoms with Crippen molar-refractivity contribution in [3.05, 3.63) is 22.4 Å². The molecule has 29 heavy (non-hydrogen) atoms. The Bertz CT molecular complexity index is 736. The lowest BCUT2D eigenvalue weighted by Crippen LogP contribution is -2.64. The average Bonchev–Trinajstić information content (AvgIpc) is 3.49. The Kier molecular flexibility index (Phi) is 6.23. The van der Waals surface area contributed by atoms with Gasteiger partial charge < -0.3 is 15.5 Å². The minimum atomic E-state index is -0.810. The Balaban J connectivity index is 1.64. The summed E-state index contributed by atoms with van der Waals surface area (Å²) in [7, 11) is 0. The van der Waals surface area contributed by atoms with Gasteiger partial charge in [0.1, 0.15) is 11.6 Å². The Labute approximate surface area is 176 Å². The van der Waals surface area contributed by atoms with Crippen LogP contribution in [0.3, 0.4) is 0 Å². The standard InChI is InChI=1S/C22H31N3O3S/c26-19-11-10-18(24-19)20(27)25(15-17-9-6-14-29-17)22(12-4-1-5-13-22)21(28)23-16-7-2-3-8-16/h6,9,14,16,18H,1-5,7-8,10-13,15H2,(H,23,28)(H,24,26). The zero-order chi connectivity index (χ0) is 20.3. The fourth-order valence-corrected chi connectivity index (χ4v) is 5.82. The van der Waals surface area contributed by atoms with Crippen molar-refractivity contribution in [2.45, 2.75) is 94.8 Å². The van der Waals surface area contributed by atoms with E-state index in [0.717, 1.165) is 49.8 Å². The first-order valence-corrected chi connectivity index (χ1v) is 11.9. The number of amides is 3. The summed E-state index contributed by atoms with van der Waals surface area (Å²) in [5.41, 5.74) is -0.810. The van der Waals surface area contributed by atoms with Gasteiger partial charge in [-0.3, -0.25) is 14.4 Å². The quantitative estimate of drug-likeness (QED) is 0.746. The largest absolute Gasteiger partial charge is 0.351 e. The Hall–Kier alpha value is -1.89. The number of nitrogens with zero attached hydrogens (tertiary/aromatic N) is 1. The molecule has 1 saturated heterocycles. The maximum Gasteiger partial charge on any atom is 0.246 e. The third kappa shape index (κ3) is 4.34. The predicted molar refractivity (Wildman–Crippen MR) is 112 cm³/mol. The zero-order valence-electron chi connectivity index (χ0n) is 17.0. The van der Waals surface area contributed by atoms with Gasteiger partial charge in [-0.25, -0.2) is 0 Å². The summed E-state index contributed by atoms with van der Waals surface area (Å²) in [6.07, 6.45) is 9.65. The molecule has 0 bridgehead atoms. The molecule has 2 N–H and O–H groups in total. The number of nitrogens with one attached hydrogen (secondary N) is 2. The third-order valence-electron chi connectivity index (χ3n) is 6.76. The second-order valence-electron chi connectivity index (χ2n) is 8.71. The molecule has 3 fully saturated rings. The molecule has 1 aromatic heterocycles. The topological polar surface area (TPSA) is 78.5 Å². The Morgan fingerprint density at radius 1 is 1.14 bits per heavy atom. The third-order valence-corrected chi connectivity index (χ3v) is 7.63. The van der Waals surface area contributed by atoms with Crippen molar-refractivity contribution in [2.75, 3.05) is 0 Å². The normalized spacial score (nSPS) is 24.3. The second kappa shape index (κ2) is 8.86. The maximum atomic E-state index is 13.6. The van der Waals surface area contributed by atoms with Crippen molar-refractivity contribution in [2.24, 2.45) is 0 Å². The van der Waals surface area contributed by atoms with Crippen molar-refractivity contribution in [3.8, 4) is 0 Å². The van der Waals surface area contributed by atoms with Gasteiger partial charge in [0, 0.05) is 17.3 Å². The number of hydrogen-bond acceptors (Lipinski definition) is 4. The van der Waals surface area contributed by atoms with Crippen LogP contribution in [0, 0.1) is 0 Å². The van der Waals surface area contributed by atoms with Crippen LogP contribution in [0.25, 0.3) is 0 Å². The summed E-state index contributed by atoms with van der Waals surface area (Å²) in [5.74, 6) is -0.168. The van der Waals surface area contributed by atoms with Crippen molar-refractivity contribution in [1.82, 2.24) is 15.5 Å². The van der Waals surface area contributed by atoms with Gasteiger partial charge in [-0.05, 0) is 43.6 Å². The summed E-state index contributed by atoms with van der Waals surface area (Å²) < 4.78 is 0. The molecule has 2 aliphatic carbocycles. The summed E-state index contributed by atoms with van der Waals surface area (Å²) in [6, 6.07) is 3.71. The fourth-order valence-electron chi connectivity index (χ4n) is 5.13. The van der Waals surface area contributed by atoms with Gasteiger partial charge in [-0.2, -0.15) is 0 Å². The van der Waals surface area contributed by atoms with Crippen molar-refractivity contribution in [1.29, 1.82) is 0 Å². The molecular weight excluding hydrogens is 386 g/mol. The molecular formula is C22H31N3O3S. The van der Waals surface area contributed by atoms with E-state index in [1.165, 1.54) is 0 Å². The molecule has 1 unspecified atom stereocenters. The number of hydrogen-bond donors (Lipinski definition) is 2. The summed E-state index contributed by atoms with van der Waals surface area (Å²) in [5, 5.41) is 8.11. The smallest absolute Gasteiger partial charge is 0.246 e. The molecule has 4 rings (SSSR count). The monoisotopic (exact) mass is 417 g/mol. The second-order valence-corrected chi connectivity index (χ2v) is 9.74. The van der Waals surface area contributed by atoms with Crippen LogP contribution in [-0.4, -0.2) is 40.2 Å². The van der Waals surface area contributed by atoms with Crippen molar-refractivity contribution in [3.63, 3.8) is 0 Å². The minimum absolute atomic E-state index is 0.0123. The molecule has 2 saturated carbocycles. The number of carbonyl (C=O) groups is 3. The molecule has 1 aromatic rings. The minimum Gasteiger partial charge on any atom is -0.351 e. The van der Waals surface area contributed by atoms with Crippen LogP contribution in [0.15, 0.2) is 17.5 Å². The fraction of sp³-hybridized carbons (Fsp3) is 0.682. The molecule has 158 valence electrons. The van der Waals surface area contributed by atoms with Crippen LogP contribution >= 0.6 is 11.3 Å². The van der Waals surface area contributed by atoms with E-state index < -0.39 is 11.6 Å². The van der Waals surface area contributed by atoms with E-state index in [2.05, 4.69) is 10.6 Å². The van der Waals surface area contributed by atoms with Gasteiger partial charge in [-0.15, -0.1) is 11.3 Å². The van der Waals surface area contributed by atoms with Crippen LogP contribution in [0.2, 0.25) is 0 Å². The molecule has 1 atom stereocenters. The predicted octanol–water partition coefficient (Wildman–Crippen LogP) is 3.12. The molecule has 1 aliphatic heterocycles. The van der Waals surface area contributed by atoms with E-state index in [0.29, 0.717) is 32.2 Å². The molecule has 7 heteroatoms. The van der Waals surface area contributed by atoms with Crippen molar-refractivity contribution >= 4 is 29.1 Å². The van der Waals surface area contributed by atoms with E-state index in [1.807, 2.05) is 22.4 Å². The molecule has 2 heterocycles.